The van der Waals surface area contributed by atoms with Gasteiger partial charge in [-0.1, -0.05) is 68.4 Å². The van der Waals surface area contributed by atoms with Crippen LogP contribution in [0.15, 0.2) is 70.7 Å². The van der Waals surface area contributed by atoms with Crippen molar-refractivity contribution in [1.29, 1.82) is 0 Å². The van der Waals surface area contributed by atoms with Crippen LogP contribution in [0.3, 0.4) is 0 Å². The average molecular weight is 586 g/mol. The molecular formula is C29H31Cl2OSiZr. The van der Waals surface area contributed by atoms with Crippen molar-refractivity contribution < 1.29 is 55.4 Å². The van der Waals surface area contributed by atoms with E-state index in [2.05, 4.69) is 94.5 Å². The first-order valence-corrected chi connectivity index (χ1v) is 14.5. The Hall–Kier alpha value is -1.25. The van der Waals surface area contributed by atoms with Crippen molar-refractivity contribution in [3.05, 3.63) is 94.4 Å². The molecule has 2 bridgehead atoms. The van der Waals surface area contributed by atoms with Gasteiger partial charge in [0.2, 0.25) is 0 Å². The summed E-state index contributed by atoms with van der Waals surface area (Å²) >= 11 is 0. The van der Waals surface area contributed by atoms with Gasteiger partial charge >= 0.3 is 26.2 Å². The zero-order chi connectivity index (χ0) is 21.9. The normalized spacial score (nSPS) is 16.4. The Morgan fingerprint density at radius 3 is 2.21 bits per heavy atom. The van der Waals surface area contributed by atoms with Gasteiger partial charge in [0.05, 0.1) is 8.07 Å². The van der Waals surface area contributed by atoms with E-state index in [-0.39, 0.29) is 51.0 Å². The molecule has 1 radical (unpaired) electrons. The molecule has 2 aliphatic heterocycles. The number of fused-ring (bicyclic) bond motifs is 1. The van der Waals surface area contributed by atoms with Crippen LogP contribution >= 0.6 is 0 Å². The first-order valence-electron chi connectivity index (χ1n) is 11.4. The van der Waals surface area contributed by atoms with E-state index < -0.39 is 8.07 Å². The van der Waals surface area contributed by atoms with Crippen molar-refractivity contribution in [1.82, 2.24) is 0 Å². The predicted molar refractivity (Wildman–Crippen MR) is 135 cm³/mol. The van der Waals surface area contributed by atoms with Crippen LogP contribution in [0.25, 0.3) is 27.1 Å². The summed E-state index contributed by atoms with van der Waals surface area (Å²) in [7, 11) is -1.10. The molecule has 1 atom stereocenters. The zero-order valence-corrected chi connectivity index (χ0v) is 25.7. The van der Waals surface area contributed by atoms with Crippen LogP contribution in [-0.2, 0) is 32.6 Å². The summed E-state index contributed by atoms with van der Waals surface area (Å²) in [6.07, 6.45) is 1.10. The summed E-state index contributed by atoms with van der Waals surface area (Å²) < 4.78 is 5.76. The summed E-state index contributed by atoms with van der Waals surface area (Å²) in [5.41, 5.74) is 9.22. The molecule has 1 aromatic heterocycles. The molecule has 1 nitrogen and oxygen atoms in total. The first kappa shape index (κ1) is 29.0. The van der Waals surface area contributed by atoms with Crippen LogP contribution < -0.4 is 24.8 Å². The van der Waals surface area contributed by atoms with E-state index in [1.165, 1.54) is 44.3 Å². The predicted octanol–water partition coefficient (Wildman–Crippen LogP) is 2.36. The second-order valence-electron chi connectivity index (χ2n) is 9.75. The zero-order valence-electron chi connectivity index (χ0n) is 20.7. The van der Waals surface area contributed by atoms with E-state index >= 15 is 0 Å². The molecule has 3 heterocycles. The molecule has 7 rings (SSSR count). The van der Waals surface area contributed by atoms with E-state index in [9.17, 15) is 0 Å². The molecule has 0 fully saturated rings. The van der Waals surface area contributed by atoms with Gasteiger partial charge in [-0.2, -0.15) is 6.07 Å². The minimum Gasteiger partial charge on any atom is -1.00 e. The molecule has 0 spiro atoms. The van der Waals surface area contributed by atoms with Gasteiger partial charge in [-0.3, -0.25) is 0 Å². The second-order valence-corrected chi connectivity index (χ2v) is 14.3. The smallest absolute Gasteiger partial charge is 1.00 e. The molecule has 175 valence electrons. The number of furan rings is 1. The Morgan fingerprint density at radius 1 is 0.941 bits per heavy atom. The molecule has 4 aromatic rings. The molecule has 0 amide bonds. The van der Waals surface area contributed by atoms with Gasteiger partial charge < -0.3 is 29.2 Å². The Morgan fingerprint density at radius 2 is 1.62 bits per heavy atom. The Bertz CT molecular complexity index is 1330. The van der Waals surface area contributed by atoms with E-state index in [0.717, 1.165) is 17.7 Å². The van der Waals surface area contributed by atoms with Gasteiger partial charge in [0.1, 0.15) is 11.5 Å². The molecule has 0 saturated carbocycles. The van der Waals surface area contributed by atoms with Gasteiger partial charge in [-0.15, -0.1) is 34.5 Å². The first-order chi connectivity index (χ1) is 14.8. The van der Waals surface area contributed by atoms with Crippen molar-refractivity contribution in [2.45, 2.75) is 52.8 Å². The maximum absolute atomic E-state index is 5.76. The van der Waals surface area contributed by atoms with Crippen molar-refractivity contribution in [3.63, 3.8) is 0 Å². The van der Waals surface area contributed by atoms with Crippen molar-refractivity contribution in [3.8, 4) is 11.1 Å². The third kappa shape index (κ3) is 4.62. The van der Waals surface area contributed by atoms with Crippen molar-refractivity contribution >= 4 is 24.0 Å². The van der Waals surface area contributed by atoms with Crippen LogP contribution in [0.2, 0.25) is 13.1 Å². The van der Waals surface area contributed by atoms with Crippen LogP contribution in [0.1, 0.15) is 47.6 Å². The molecule has 0 saturated heterocycles. The number of aryl methyl sites for hydroxylation is 3. The van der Waals surface area contributed by atoms with Gasteiger partial charge in [0.15, 0.2) is 0 Å². The summed E-state index contributed by atoms with van der Waals surface area (Å²) in [6, 6.07) is 22.2. The number of hydrogen-bond acceptors (Lipinski definition) is 1. The third-order valence-electron chi connectivity index (χ3n) is 7.18. The van der Waals surface area contributed by atoms with Gasteiger partial charge in [0, 0.05) is 11.1 Å². The summed E-state index contributed by atoms with van der Waals surface area (Å²) in [4.78, 5) is 0. The largest absolute Gasteiger partial charge is 3.00 e. The maximum Gasteiger partial charge on any atom is 3.00 e. The Kier molecular flexibility index (Phi) is 9.20. The number of rotatable bonds is 2. The standard InChI is InChI=1S/C18H17.C11H14OSi.2ClH.Zr/c1-3-14-7-9-15(10-8-14)17-6-4-5-16-11-13(2)12-18(16)17;1-6-5-8-9(12-6)11-7(2)10(8)13(11,3)4;;;/h4-12H,3H2,1-2H3;5,10H,1-4H3;2*1H;/q-1;;;;+3/p-2. The molecule has 1 aliphatic carbocycles. The average Bonchev–Trinajstić information content (AvgIpc) is 3.41. The molecule has 34 heavy (non-hydrogen) atoms. The van der Waals surface area contributed by atoms with Crippen LogP contribution in [0.5, 0.6) is 0 Å². The summed E-state index contributed by atoms with van der Waals surface area (Å²) in [5.74, 6) is 2.31. The second kappa shape index (κ2) is 10.8. The number of hydrogen-bond donors (Lipinski definition) is 0. The quantitative estimate of drug-likeness (QED) is 0.260. The minimum absolute atomic E-state index is 0. The molecule has 3 aromatic carbocycles. The third-order valence-corrected chi connectivity index (χ3v) is 11.3. The van der Waals surface area contributed by atoms with Crippen molar-refractivity contribution in [2.75, 3.05) is 0 Å². The number of allylic oxidation sites excluding steroid dienone is 1. The number of benzene rings is 2. The Balaban J connectivity index is 0.000000229. The van der Waals surface area contributed by atoms with E-state index in [1.54, 1.807) is 10.8 Å². The fraction of sp³-hybridized carbons (Fsp3) is 0.276. The van der Waals surface area contributed by atoms with Crippen LogP contribution in [0, 0.1) is 13.8 Å². The number of halogens is 2. The fourth-order valence-electron chi connectivity index (χ4n) is 5.85. The van der Waals surface area contributed by atoms with Crippen molar-refractivity contribution in [2.24, 2.45) is 0 Å². The maximum atomic E-state index is 5.76. The van der Waals surface area contributed by atoms with Gasteiger partial charge in [-0.05, 0) is 42.7 Å². The molecule has 0 N–H and O–H groups in total. The fourth-order valence-corrected chi connectivity index (χ4v) is 10.1. The van der Waals surface area contributed by atoms with Gasteiger partial charge in [0.25, 0.3) is 0 Å². The van der Waals surface area contributed by atoms with E-state index in [1.807, 2.05) is 6.92 Å². The monoisotopic (exact) mass is 583 g/mol. The topological polar surface area (TPSA) is 13.1 Å². The van der Waals surface area contributed by atoms with Gasteiger partial charge in [-0.25, -0.2) is 0 Å². The molecule has 5 heteroatoms. The molecule has 1 unspecified atom stereocenters. The molecular weight excluding hydrogens is 555 g/mol. The summed E-state index contributed by atoms with van der Waals surface area (Å²) in [5, 5.41) is 4.30. The van der Waals surface area contributed by atoms with E-state index in [4.69, 9.17) is 4.42 Å². The molecule has 3 aliphatic rings. The van der Waals surface area contributed by atoms with Crippen LogP contribution in [0.4, 0.5) is 0 Å². The van der Waals surface area contributed by atoms with E-state index in [0.29, 0.717) is 0 Å². The SMILES string of the molecule is CC1=C2c3oc(C)cc3C1[Si]2(C)C.CCc1ccc(-c2cccc3[cH-]c(C)cc23)cc1.[Cl-].[Cl-].[Zr+3]. The Labute approximate surface area is 236 Å². The summed E-state index contributed by atoms with van der Waals surface area (Å²) in [6.45, 7) is 13.6. The van der Waals surface area contributed by atoms with Crippen LogP contribution in [-0.4, -0.2) is 8.07 Å². The minimum atomic E-state index is -1.10.